The molecule has 15 heavy (non-hydrogen) atoms. The first-order chi connectivity index (χ1) is 7.15. The fraction of sp³-hybridized carbons (Fsp3) is 0.300. The summed E-state index contributed by atoms with van der Waals surface area (Å²) in [5.74, 6) is -0.416. The number of carbonyl (C=O) groups excluding carboxylic acids is 1. The van der Waals surface area contributed by atoms with E-state index in [1.165, 1.54) is 4.90 Å². The number of hydrogen-bond donors (Lipinski definition) is 2. The number of guanidine groups is 1. The first-order valence-corrected chi connectivity index (χ1v) is 4.69. The van der Waals surface area contributed by atoms with E-state index in [9.17, 15) is 4.79 Å². The third-order valence-corrected chi connectivity index (χ3v) is 1.94. The van der Waals surface area contributed by atoms with Crippen molar-refractivity contribution < 1.29 is 4.79 Å². The van der Waals surface area contributed by atoms with Crippen molar-refractivity contribution in [2.75, 3.05) is 0 Å². The summed E-state index contributed by atoms with van der Waals surface area (Å²) in [5, 5.41) is 7.29. The molecule has 1 heterocycles. The summed E-state index contributed by atoms with van der Waals surface area (Å²) in [4.78, 5) is 16.7. The van der Waals surface area contributed by atoms with Crippen molar-refractivity contribution in [3.8, 4) is 0 Å². The molecule has 1 amide bonds. The molecule has 5 heteroatoms. The van der Waals surface area contributed by atoms with Gasteiger partial charge in [-0.3, -0.25) is 20.1 Å². The Morgan fingerprint density at radius 2 is 2.33 bits per heavy atom. The van der Waals surface area contributed by atoms with Gasteiger partial charge in [-0.2, -0.15) is 0 Å². The van der Waals surface area contributed by atoms with Crippen molar-refractivity contribution in [3.63, 3.8) is 0 Å². The second-order valence-corrected chi connectivity index (χ2v) is 3.04. The largest absolute Gasteiger partial charge is 0.370 e. The number of nitrogens with zero attached hydrogens (tertiary/aromatic N) is 2. The number of nitrogens with two attached hydrogens (primary N) is 1. The van der Waals surface area contributed by atoms with Crippen LogP contribution in [-0.4, -0.2) is 21.8 Å². The van der Waals surface area contributed by atoms with Crippen LogP contribution in [0.3, 0.4) is 0 Å². The molecule has 0 spiro atoms. The highest BCUT2D eigenvalue weighted by atomic mass is 16.2. The van der Waals surface area contributed by atoms with Crippen LogP contribution in [0.2, 0.25) is 0 Å². The van der Waals surface area contributed by atoms with Crippen molar-refractivity contribution in [2.24, 2.45) is 5.73 Å². The molecule has 1 aromatic rings. The minimum atomic E-state index is -0.243. The van der Waals surface area contributed by atoms with Crippen molar-refractivity contribution in [1.29, 1.82) is 5.41 Å². The maximum Gasteiger partial charge on any atom is 0.229 e. The van der Waals surface area contributed by atoms with Gasteiger partial charge in [0, 0.05) is 12.6 Å². The normalized spacial score (nSPS) is 9.67. The minimum Gasteiger partial charge on any atom is -0.370 e. The van der Waals surface area contributed by atoms with Gasteiger partial charge in [0.1, 0.15) is 0 Å². The van der Waals surface area contributed by atoms with Crippen molar-refractivity contribution in [1.82, 2.24) is 9.88 Å². The summed E-state index contributed by atoms with van der Waals surface area (Å²) < 4.78 is 0. The van der Waals surface area contributed by atoms with E-state index in [-0.39, 0.29) is 18.4 Å². The molecule has 3 N–H and O–H groups in total. The van der Waals surface area contributed by atoms with Crippen LogP contribution < -0.4 is 5.73 Å². The summed E-state index contributed by atoms with van der Waals surface area (Å²) in [7, 11) is 0. The van der Waals surface area contributed by atoms with E-state index >= 15 is 0 Å². The van der Waals surface area contributed by atoms with Gasteiger partial charge in [0.25, 0.3) is 0 Å². The average molecular weight is 206 g/mol. The molecule has 0 aliphatic rings. The smallest absolute Gasteiger partial charge is 0.229 e. The first-order valence-electron chi connectivity index (χ1n) is 4.69. The van der Waals surface area contributed by atoms with Gasteiger partial charge in [0.2, 0.25) is 5.91 Å². The molecule has 0 aliphatic heterocycles. The van der Waals surface area contributed by atoms with Crippen molar-refractivity contribution in [2.45, 2.75) is 19.9 Å². The van der Waals surface area contributed by atoms with E-state index in [1.54, 1.807) is 25.3 Å². The number of nitrogens with one attached hydrogen (secondary N) is 1. The fourth-order valence-electron chi connectivity index (χ4n) is 1.15. The molecular weight excluding hydrogens is 192 g/mol. The Bertz CT molecular complexity index is 350. The van der Waals surface area contributed by atoms with Crippen LogP contribution in [0, 0.1) is 5.41 Å². The van der Waals surface area contributed by atoms with Gasteiger partial charge in [0.05, 0.1) is 12.2 Å². The summed E-state index contributed by atoms with van der Waals surface area (Å²) in [6, 6.07) is 5.42. The van der Waals surface area contributed by atoms with Crippen LogP contribution in [0.5, 0.6) is 0 Å². The summed E-state index contributed by atoms with van der Waals surface area (Å²) in [6.45, 7) is 1.99. The van der Waals surface area contributed by atoms with Gasteiger partial charge in [0.15, 0.2) is 5.96 Å². The van der Waals surface area contributed by atoms with Gasteiger partial charge in [-0.1, -0.05) is 13.0 Å². The Kier molecular flexibility index (Phi) is 3.79. The Morgan fingerprint density at radius 3 is 2.80 bits per heavy atom. The molecule has 1 aromatic heterocycles. The predicted molar refractivity (Wildman–Crippen MR) is 57.0 cm³/mol. The average Bonchev–Trinajstić information content (AvgIpc) is 2.26. The highest BCUT2D eigenvalue weighted by Gasteiger charge is 2.14. The minimum absolute atomic E-state index is 0.173. The zero-order chi connectivity index (χ0) is 11.3. The van der Waals surface area contributed by atoms with E-state index in [1.807, 2.05) is 6.07 Å². The second-order valence-electron chi connectivity index (χ2n) is 3.04. The summed E-state index contributed by atoms with van der Waals surface area (Å²) in [6.07, 6.45) is 1.97. The maximum absolute atomic E-state index is 11.4. The number of hydrogen-bond acceptors (Lipinski definition) is 3. The summed E-state index contributed by atoms with van der Waals surface area (Å²) in [5.41, 5.74) is 6.04. The molecule has 0 unspecified atom stereocenters. The van der Waals surface area contributed by atoms with E-state index in [0.717, 1.165) is 5.69 Å². The van der Waals surface area contributed by atoms with Gasteiger partial charge in [-0.25, -0.2) is 0 Å². The topological polar surface area (TPSA) is 83.1 Å². The van der Waals surface area contributed by atoms with Gasteiger partial charge >= 0.3 is 0 Å². The third kappa shape index (κ3) is 3.05. The molecule has 0 aromatic carbocycles. The molecule has 0 saturated carbocycles. The zero-order valence-electron chi connectivity index (χ0n) is 8.60. The maximum atomic E-state index is 11.4. The van der Waals surface area contributed by atoms with E-state index < -0.39 is 0 Å². The van der Waals surface area contributed by atoms with E-state index in [0.29, 0.717) is 6.42 Å². The fourth-order valence-corrected chi connectivity index (χ4v) is 1.15. The molecule has 0 saturated heterocycles. The van der Waals surface area contributed by atoms with Crippen molar-refractivity contribution in [3.05, 3.63) is 30.1 Å². The number of carbonyl (C=O) groups is 1. The number of amides is 1. The molecule has 0 fully saturated rings. The van der Waals surface area contributed by atoms with Crippen LogP contribution in [0.4, 0.5) is 0 Å². The predicted octanol–water partition coefficient (Wildman–Crippen LogP) is 0.714. The summed E-state index contributed by atoms with van der Waals surface area (Å²) >= 11 is 0. The Hall–Kier alpha value is -1.91. The SMILES string of the molecule is CCC(=O)N(Cc1ccccn1)C(=N)N. The number of aromatic nitrogens is 1. The molecule has 0 atom stereocenters. The Balaban J connectivity index is 2.76. The molecule has 0 aliphatic carbocycles. The quantitative estimate of drug-likeness (QED) is 0.564. The first kappa shape index (κ1) is 11.2. The van der Waals surface area contributed by atoms with Gasteiger partial charge in [-0.15, -0.1) is 0 Å². The van der Waals surface area contributed by atoms with E-state index in [2.05, 4.69) is 4.98 Å². The molecule has 1 rings (SSSR count). The molecular formula is C10H14N4O. The lowest BCUT2D eigenvalue weighted by molar-refractivity contribution is -0.127. The Labute approximate surface area is 88.4 Å². The second kappa shape index (κ2) is 5.09. The van der Waals surface area contributed by atoms with Crippen molar-refractivity contribution >= 4 is 11.9 Å². The standard InChI is InChI=1S/C10H14N4O/c1-2-9(15)14(10(11)12)7-8-5-3-4-6-13-8/h3-6H,2,7H2,1H3,(H3,11,12). The molecule has 0 bridgehead atoms. The number of pyridine rings is 1. The van der Waals surface area contributed by atoms with Gasteiger partial charge < -0.3 is 5.73 Å². The molecule has 5 nitrogen and oxygen atoms in total. The lowest BCUT2D eigenvalue weighted by atomic mass is 10.3. The highest BCUT2D eigenvalue weighted by Crippen LogP contribution is 2.02. The van der Waals surface area contributed by atoms with Crippen LogP contribution in [-0.2, 0) is 11.3 Å². The monoisotopic (exact) mass is 206 g/mol. The molecule has 0 radical (unpaired) electrons. The zero-order valence-corrected chi connectivity index (χ0v) is 8.60. The van der Waals surface area contributed by atoms with Crippen LogP contribution in [0.25, 0.3) is 0 Å². The van der Waals surface area contributed by atoms with Crippen LogP contribution in [0.1, 0.15) is 19.0 Å². The lowest BCUT2D eigenvalue weighted by Crippen LogP contribution is -2.40. The third-order valence-electron chi connectivity index (χ3n) is 1.94. The van der Waals surface area contributed by atoms with Gasteiger partial charge in [-0.05, 0) is 12.1 Å². The molecule has 80 valence electrons. The number of rotatable bonds is 3. The highest BCUT2D eigenvalue weighted by molar-refractivity contribution is 5.94. The van der Waals surface area contributed by atoms with Crippen LogP contribution in [0.15, 0.2) is 24.4 Å². The van der Waals surface area contributed by atoms with Crippen LogP contribution >= 0.6 is 0 Å². The lowest BCUT2D eigenvalue weighted by Gasteiger charge is -2.19. The van der Waals surface area contributed by atoms with E-state index in [4.69, 9.17) is 11.1 Å². The Morgan fingerprint density at radius 1 is 1.60 bits per heavy atom.